The zero-order valence-electron chi connectivity index (χ0n) is 23.6. The van der Waals surface area contributed by atoms with E-state index in [1.807, 2.05) is 49.9 Å². The number of hydrogen-bond acceptors (Lipinski definition) is 5. The minimum atomic E-state index is -0.252. The molecule has 0 bridgehead atoms. The Bertz CT molecular complexity index is 1500. The number of nitrogens with zero attached hydrogens (tertiary/aromatic N) is 2. The highest BCUT2D eigenvalue weighted by atomic mass is 16.5. The third-order valence-electron chi connectivity index (χ3n) is 7.80. The summed E-state index contributed by atoms with van der Waals surface area (Å²) in [6.45, 7) is 8.76. The second kappa shape index (κ2) is 11.0. The zero-order chi connectivity index (χ0) is 28.6. The van der Waals surface area contributed by atoms with Crippen LogP contribution in [-0.4, -0.2) is 72.8 Å². The number of fused-ring (bicyclic) bond motifs is 1. The minimum absolute atomic E-state index is 0.00482. The van der Waals surface area contributed by atoms with Crippen LogP contribution in [0.25, 0.3) is 11.6 Å². The van der Waals surface area contributed by atoms with Gasteiger partial charge in [0.25, 0.3) is 17.7 Å². The van der Waals surface area contributed by atoms with E-state index in [1.54, 1.807) is 31.4 Å². The van der Waals surface area contributed by atoms with Crippen LogP contribution in [0, 0.1) is 13.8 Å². The number of carbonyl (C=O) groups excluding carboxylic acids is 3. The first-order chi connectivity index (χ1) is 19.2. The lowest BCUT2D eigenvalue weighted by Gasteiger charge is -2.32. The smallest absolute Gasteiger partial charge is 0.256 e. The third-order valence-corrected chi connectivity index (χ3v) is 7.80. The number of hydrogen-bond donors (Lipinski definition) is 3. The number of likely N-dealkylation sites (N-methyl/N-ethyl adjacent to an activating group) is 1. The number of aromatic amines is 1. The van der Waals surface area contributed by atoms with Crippen molar-refractivity contribution in [3.63, 3.8) is 0 Å². The molecule has 0 spiro atoms. The van der Waals surface area contributed by atoms with E-state index in [1.165, 1.54) is 0 Å². The number of methoxy groups -OCH3 is 1. The summed E-state index contributed by atoms with van der Waals surface area (Å²) >= 11 is 0. The number of rotatable bonds is 6. The molecule has 3 N–H and O–H groups in total. The van der Waals surface area contributed by atoms with E-state index < -0.39 is 0 Å². The third kappa shape index (κ3) is 5.24. The summed E-state index contributed by atoms with van der Waals surface area (Å²) in [5, 5.41) is 5.91. The summed E-state index contributed by atoms with van der Waals surface area (Å²) in [6, 6.07) is 12.5. The lowest BCUT2D eigenvalue weighted by molar-refractivity contribution is -0.110. The number of benzene rings is 2. The van der Waals surface area contributed by atoms with Crippen molar-refractivity contribution >= 4 is 35.1 Å². The molecule has 1 saturated heterocycles. The summed E-state index contributed by atoms with van der Waals surface area (Å²) in [4.78, 5) is 46.8. The molecular weight excluding hydrogens is 506 g/mol. The number of anilines is 1. The monoisotopic (exact) mass is 541 g/mol. The quantitative estimate of drug-likeness (QED) is 0.409. The standard InChI is InChI=1S/C31H35N5O4/c1-18-27(32-20(3)28(18)31(39)36-14-12-35(4)13-15-36)17-25-24-16-22(8-11-26(24)34-30(25)38)29(37)33-19(2)21-6-9-23(40-5)10-7-21/h6-11,16-17,19,32H,12-15H2,1-5H3,(H,33,37)(H,34,38)/b25-17-/t19-/m0/s1. The van der Waals surface area contributed by atoms with Gasteiger partial charge >= 0.3 is 0 Å². The normalized spacial score (nSPS) is 17.0. The molecule has 5 rings (SSSR count). The fourth-order valence-corrected chi connectivity index (χ4v) is 5.28. The van der Waals surface area contributed by atoms with E-state index in [0.29, 0.717) is 46.7 Å². The van der Waals surface area contributed by atoms with E-state index in [2.05, 4.69) is 27.6 Å². The minimum Gasteiger partial charge on any atom is -0.497 e. The second-order valence-electron chi connectivity index (χ2n) is 10.5. The maximum Gasteiger partial charge on any atom is 0.256 e. The van der Waals surface area contributed by atoms with Gasteiger partial charge in [0.15, 0.2) is 0 Å². The molecule has 2 aliphatic heterocycles. The Labute approximate surface area is 234 Å². The number of ether oxygens (including phenoxy) is 1. The van der Waals surface area contributed by atoms with Crippen molar-refractivity contribution in [2.45, 2.75) is 26.8 Å². The first-order valence-electron chi connectivity index (χ1n) is 13.5. The summed E-state index contributed by atoms with van der Waals surface area (Å²) in [5.74, 6) is 0.264. The molecule has 2 aromatic carbocycles. The van der Waals surface area contributed by atoms with Gasteiger partial charge < -0.3 is 30.2 Å². The molecule has 1 atom stereocenters. The van der Waals surface area contributed by atoms with Crippen LogP contribution in [0.1, 0.15) is 61.8 Å². The van der Waals surface area contributed by atoms with Crippen LogP contribution in [0.2, 0.25) is 0 Å². The van der Waals surface area contributed by atoms with Crippen LogP contribution in [0.15, 0.2) is 42.5 Å². The SMILES string of the molecule is COc1ccc([C@H](C)NC(=O)c2ccc3c(c2)/C(=C/c2[nH]c(C)c(C(=O)N4CCN(C)CC4)c2C)C(=O)N3)cc1. The molecule has 40 heavy (non-hydrogen) atoms. The Kier molecular flexibility index (Phi) is 7.49. The Morgan fingerprint density at radius 1 is 1.05 bits per heavy atom. The van der Waals surface area contributed by atoms with Crippen LogP contribution in [-0.2, 0) is 4.79 Å². The maximum atomic E-state index is 13.3. The number of carbonyl (C=O) groups is 3. The van der Waals surface area contributed by atoms with Gasteiger partial charge in [-0.15, -0.1) is 0 Å². The number of aryl methyl sites for hydroxylation is 1. The van der Waals surface area contributed by atoms with Crippen molar-refractivity contribution in [1.82, 2.24) is 20.1 Å². The molecule has 3 amide bonds. The second-order valence-corrected chi connectivity index (χ2v) is 10.5. The number of amides is 3. The molecular formula is C31H35N5O4. The number of aromatic nitrogens is 1. The topological polar surface area (TPSA) is 107 Å². The average molecular weight is 542 g/mol. The first-order valence-corrected chi connectivity index (χ1v) is 13.5. The molecule has 0 aliphatic carbocycles. The number of piperazine rings is 1. The van der Waals surface area contributed by atoms with Gasteiger partial charge in [-0.05, 0) is 75.4 Å². The molecule has 1 aromatic heterocycles. The van der Waals surface area contributed by atoms with Gasteiger partial charge in [0.2, 0.25) is 0 Å². The van der Waals surface area contributed by atoms with Gasteiger partial charge in [0.1, 0.15) is 5.75 Å². The van der Waals surface area contributed by atoms with E-state index >= 15 is 0 Å². The largest absolute Gasteiger partial charge is 0.497 e. The van der Waals surface area contributed by atoms with E-state index in [4.69, 9.17) is 4.74 Å². The molecule has 208 valence electrons. The van der Waals surface area contributed by atoms with E-state index in [0.717, 1.165) is 35.7 Å². The predicted molar refractivity (Wildman–Crippen MR) is 155 cm³/mol. The highest BCUT2D eigenvalue weighted by molar-refractivity contribution is 6.35. The van der Waals surface area contributed by atoms with Crippen LogP contribution < -0.4 is 15.4 Å². The van der Waals surface area contributed by atoms with Gasteiger partial charge in [-0.2, -0.15) is 0 Å². The van der Waals surface area contributed by atoms with Crippen LogP contribution in [0.3, 0.4) is 0 Å². The van der Waals surface area contributed by atoms with Crippen molar-refractivity contribution in [2.75, 3.05) is 45.7 Å². The molecule has 9 nitrogen and oxygen atoms in total. The van der Waals surface area contributed by atoms with Gasteiger partial charge in [-0.25, -0.2) is 0 Å². The van der Waals surface area contributed by atoms with Gasteiger partial charge in [0, 0.05) is 54.4 Å². The van der Waals surface area contributed by atoms with Gasteiger partial charge in [-0.1, -0.05) is 12.1 Å². The molecule has 0 saturated carbocycles. The lowest BCUT2D eigenvalue weighted by atomic mass is 10.0. The fourth-order valence-electron chi connectivity index (χ4n) is 5.28. The van der Waals surface area contributed by atoms with Crippen molar-refractivity contribution in [2.24, 2.45) is 0 Å². The summed E-state index contributed by atoms with van der Waals surface area (Å²) < 4.78 is 5.21. The van der Waals surface area contributed by atoms with Crippen molar-refractivity contribution in [3.05, 3.63) is 81.7 Å². The molecule has 3 aromatic rings. The Hall–Kier alpha value is -4.37. The highest BCUT2D eigenvalue weighted by Crippen LogP contribution is 2.35. The van der Waals surface area contributed by atoms with E-state index in [-0.39, 0.29) is 23.8 Å². The lowest BCUT2D eigenvalue weighted by Crippen LogP contribution is -2.47. The van der Waals surface area contributed by atoms with Crippen molar-refractivity contribution < 1.29 is 19.1 Å². The molecule has 0 unspecified atom stereocenters. The van der Waals surface area contributed by atoms with Gasteiger partial charge in [0.05, 0.1) is 24.3 Å². The predicted octanol–water partition coefficient (Wildman–Crippen LogP) is 4.01. The molecule has 3 heterocycles. The molecule has 1 fully saturated rings. The summed E-state index contributed by atoms with van der Waals surface area (Å²) in [7, 11) is 3.67. The highest BCUT2D eigenvalue weighted by Gasteiger charge is 2.28. The van der Waals surface area contributed by atoms with Crippen LogP contribution >= 0.6 is 0 Å². The van der Waals surface area contributed by atoms with Crippen molar-refractivity contribution in [3.8, 4) is 5.75 Å². The fraction of sp³-hybridized carbons (Fsp3) is 0.323. The number of H-pyrrole nitrogens is 1. The average Bonchev–Trinajstić information content (AvgIpc) is 3.41. The Morgan fingerprint density at radius 2 is 1.75 bits per heavy atom. The summed E-state index contributed by atoms with van der Waals surface area (Å²) in [6.07, 6.45) is 1.77. The van der Waals surface area contributed by atoms with E-state index in [9.17, 15) is 14.4 Å². The van der Waals surface area contributed by atoms with Crippen LogP contribution in [0.5, 0.6) is 5.75 Å². The number of nitrogens with one attached hydrogen (secondary N) is 3. The van der Waals surface area contributed by atoms with Crippen LogP contribution in [0.4, 0.5) is 5.69 Å². The van der Waals surface area contributed by atoms with Crippen molar-refractivity contribution in [1.29, 1.82) is 0 Å². The molecule has 2 aliphatic rings. The van der Waals surface area contributed by atoms with Gasteiger partial charge in [-0.3, -0.25) is 14.4 Å². The Morgan fingerprint density at radius 3 is 2.42 bits per heavy atom. The zero-order valence-corrected chi connectivity index (χ0v) is 23.6. The Balaban J connectivity index is 1.39. The molecule has 0 radical (unpaired) electrons. The maximum absolute atomic E-state index is 13.3. The summed E-state index contributed by atoms with van der Waals surface area (Å²) in [5.41, 5.74) is 6.06. The first kappa shape index (κ1) is 27.2. The molecule has 9 heteroatoms.